The summed E-state index contributed by atoms with van der Waals surface area (Å²) in [6.45, 7) is -0.311. The number of ether oxygens (including phenoxy) is 1. The van der Waals surface area contributed by atoms with Gasteiger partial charge in [-0.25, -0.2) is 4.98 Å². The fourth-order valence-corrected chi connectivity index (χ4v) is 4.33. The Hall–Kier alpha value is -4.67. The van der Waals surface area contributed by atoms with Crippen molar-refractivity contribution in [3.05, 3.63) is 123 Å². The van der Waals surface area contributed by atoms with Crippen LogP contribution in [0.15, 0.2) is 101 Å². The molecule has 4 aromatic carbocycles. The van der Waals surface area contributed by atoms with Gasteiger partial charge in [-0.15, -0.1) is 0 Å². The highest BCUT2D eigenvalue weighted by atomic mass is 35.5. The highest BCUT2D eigenvalue weighted by Crippen LogP contribution is 2.32. The molecule has 0 radical (unpaired) electrons. The number of para-hydroxylation sites is 1. The second-order valence-electron chi connectivity index (χ2n) is 8.93. The summed E-state index contributed by atoms with van der Waals surface area (Å²) < 4.78 is 46.7. The van der Waals surface area contributed by atoms with Crippen LogP contribution in [0, 0.1) is 0 Å². The zero-order valence-corrected chi connectivity index (χ0v) is 22.9. The second-order valence-corrected chi connectivity index (χ2v) is 9.77. The van der Waals surface area contributed by atoms with Crippen molar-refractivity contribution < 1.29 is 22.7 Å². The van der Waals surface area contributed by atoms with Crippen molar-refractivity contribution in [2.24, 2.45) is 5.10 Å². The molecule has 0 fully saturated rings. The molecule has 0 bridgehead atoms. The molecule has 1 aromatic heterocycles. The summed E-state index contributed by atoms with van der Waals surface area (Å²) in [5, 5.41) is 7.87. The van der Waals surface area contributed by atoms with Crippen molar-refractivity contribution in [1.82, 2.24) is 9.66 Å². The van der Waals surface area contributed by atoms with Crippen LogP contribution in [0.4, 0.5) is 18.9 Å². The van der Waals surface area contributed by atoms with Gasteiger partial charge < -0.3 is 10.1 Å². The number of halogens is 5. The van der Waals surface area contributed by atoms with Crippen molar-refractivity contribution in [3.8, 4) is 17.1 Å². The molecule has 0 saturated heterocycles. The fraction of sp³-hybridized carbons (Fsp3) is 0.0667. The number of benzene rings is 4. The van der Waals surface area contributed by atoms with Crippen LogP contribution in [-0.4, -0.2) is 28.4 Å². The first-order valence-corrected chi connectivity index (χ1v) is 13.1. The predicted octanol–water partition coefficient (Wildman–Crippen LogP) is 7.29. The van der Waals surface area contributed by atoms with Gasteiger partial charge in [0.15, 0.2) is 12.4 Å². The van der Waals surface area contributed by atoms with E-state index in [2.05, 4.69) is 15.4 Å². The Bertz CT molecular complexity index is 1870. The lowest BCUT2D eigenvalue weighted by Crippen LogP contribution is -2.20. The van der Waals surface area contributed by atoms with Gasteiger partial charge in [0.1, 0.15) is 5.75 Å². The third-order valence-electron chi connectivity index (χ3n) is 5.97. The number of amides is 1. The van der Waals surface area contributed by atoms with Gasteiger partial charge in [-0.2, -0.15) is 22.9 Å². The fourth-order valence-electron chi connectivity index (χ4n) is 3.96. The maximum atomic E-state index is 13.4. The molecule has 0 aliphatic rings. The van der Waals surface area contributed by atoms with Gasteiger partial charge in [-0.3, -0.25) is 9.59 Å². The molecule has 1 heterocycles. The molecular weight excluding hydrogens is 592 g/mol. The van der Waals surface area contributed by atoms with E-state index >= 15 is 0 Å². The van der Waals surface area contributed by atoms with Crippen molar-refractivity contribution in [2.45, 2.75) is 6.18 Å². The average molecular weight is 611 g/mol. The van der Waals surface area contributed by atoms with Crippen LogP contribution in [0.2, 0.25) is 10.0 Å². The zero-order chi connectivity index (χ0) is 29.9. The Morgan fingerprint density at radius 1 is 0.976 bits per heavy atom. The zero-order valence-electron chi connectivity index (χ0n) is 21.4. The molecule has 7 nitrogen and oxygen atoms in total. The molecule has 0 saturated carbocycles. The van der Waals surface area contributed by atoms with E-state index in [9.17, 15) is 22.8 Å². The van der Waals surface area contributed by atoms with Crippen molar-refractivity contribution in [3.63, 3.8) is 0 Å². The monoisotopic (exact) mass is 610 g/mol. The summed E-state index contributed by atoms with van der Waals surface area (Å²) >= 11 is 12.2. The molecule has 0 aliphatic carbocycles. The summed E-state index contributed by atoms with van der Waals surface area (Å²) in [6, 6.07) is 22.2. The first-order valence-electron chi connectivity index (χ1n) is 12.3. The van der Waals surface area contributed by atoms with Gasteiger partial charge in [-0.05, 0) is 72.3 Å². The van der Waals surface area contributed by atoms with Crippen LogP contribution in [0.1, 0.15) is 11.1 Å². The van der Waals surface area contributed by atoms with E-state index in [1.807, 2.05) is 0 Å². The molecule has 0 atom stereocenters. The van der Waals surface area contributed by atoms with Gasteiger partial charge in [-0.1, -0.05) is 47.5 Å². The SMILES string of the molecule is O=C(COc1ccc(C=Nn2c(-c3cccc(C(F)(F)F)c3)nc3ccccc3c2=O)cc1Cl)Nc1ccc(Cl)cc1. The number of carbonyl (C=O) groups excluding carboxylic acids is 1. The molecule has 5 rings (SSSR count). The second kappa shape index (κ2) is 12.1. The van der Waals surface area contributed by atoms with E-state index in [1.165, 1.54) is 30.5 Å². The van der Waals surface area contributed by atoms with Gasteiger partial charge in [0.25, 0.3) is 11.5 Å². The van der Waals surface area contributed by atoms with Gasteiger partial charge in [0.05, 0.1) is 27.7 Å². The van der Waals surface area contributed by atoms with Crippen molar-refractivity contribution in [2.75, 3.05) is 11.9 Å². The van der Waals surface area contributed by atoms with E-state index in [1.54, 1.807) is 54.6 Å². The summed E-state index contributed by atoms with van der Waals surface area (Å²) in [4.78, 5) is 30.0. The quantitative estimate of drug-likeness (QED) is 0.196. The molecular formula is C30H19Cl2F3N4O3. The average Bonchev–Trinajstić information content (AvgIpc) is 2.97. The lowest BCUT2D eigenvalue weighted by Gasteiger charge is -2.12. The number of nitrogens with zero attached hydrogens (tertiary/aromatic N) is 3. The normalized spacial score (nSPS) is 11.6. The maximum Gasteiger partial charge on any atom is 0.416 e. The van der Waals surface area contributed by atoms with Crippen LogP contribution in [0.25, 0.3) is 22.3 Å². The molecule has 12 heteroatoms. The van der Waals surface area contributed by atoms with Crippen LogP contribution < -0.4 is 15.6 Å². The maximum absolute atomic E-state index is 13.4. The first-order chi connectivity index (χ1) is 20.1. The molecule has 1 N–H and O–H groups in total. The lowest BCUT2D eigenvalue weighted by molar-refractivity contribution is -0.137. The van der Waals surface area contributed by atoms with Crippen LogP contribution in [-0.2, 0) is 11.0 Å². The minimum absolute atomic E-state index is 0.0588. The van der Waals surface area contributed by atoms with Gasteiger partial charge in [0, 0.05) is 16.3 Å². The molecule has 42 heavy (non-hydrogen) atoms. The smallest absolute Gasteiger partial charge is 0.416 e. The standard InChI is InChI=1S/C30H19Cl2F3N4O3/c31-21-9-11-22(12-10-21)37-27(40)17-42-26-13-8-18(14-24(26)32)16-36-39-28(19-4-3-5-20(15-19)30(33,34)35)38-25-7-2-1-6-23(25)29(39)41/h1-16H,17H2,(H,37,40). The van der Waals surface area contributed by atoms with E-state index in [4.69, 9.17) is 27.9 Å². The number of hydrogen-bond donors (Lipinski definition) is 1. The highest BCUT2D eigenvalue weighted by molar-refractivity contribution is 6.32. The Labute approximate surface area is 246 Å². The third kappa shape index (κ3) is 6.62. The minimum Gasteiger partial charge on any atom is -0.482 e. The van der Waals surface area contributed by atoms with Crippen LogP contribution in [0.5, 0.6) is 5.75 Å². The Kier molecular flexibility index (Phi) is 8.28. The molecule has 0 unspecified atom stereocenters. The molecule has 0 spiro atoms. The number of fused-ring (bicyclic) bond motifs is 1. The summed E-state index contributed by atoms with van der Waals surface area (Å²) in [6.07, 6.45) is -3.27. The number of carbonyl (C=O) groups is 1. The van der Waals surface area contributed by atoms with E-state index < -0.39 is 23.2 Å². The number of aromatic nitrogens is 2. The molecule has 212 valence electrons. The first kappa shape index (κ1) is 28.8. The van der Waals surface area contributed by atoms with E-state index in [0.717, 1.165) is 16.8 Å². The summed E-state index contributed by atoms with van der Waals surface area (Å²) in [7, 11) is 0. The minimum atomic E-state index is -4.58. The number of alkyl halides is 3. The Balaban J connectivity index is 1.40. The summed E-state index contributed by atoms with van der Waals surface area (Å²) in [5.41, 5.74) is -0.0831. The van der Waals surface area contributed by atoms with Crippen molar-refractivity contribution >= 4 is 51.9 Å². The Morgan fingerprint density at radius 3 is 2.48 bits per heavy atom. The third-order valence-corrected chi connectivity index (χ3v) is 6.51. The number of nitrogens with one attached hydrogen (secondary N) is 1. The van der Waals surface area contributed by atoms with Crippen LogP contribution >= 0.6 is 23.2 Å². The molecule has 1 amide bonds. The van der Waals surface area contributed by atoms with Gasteiger partial charge >= 0.3 is 6.18 Å². The molecule has 5 aromatic rings. The van der Waals surface area contributed by atoms with Crippen molar-refractivity contribution in [1.29, 1.82) is 0 Å². The topological polar surface area (TPSA) is 85.6 Å². The number of anilines is 1. The molecule has 0 aliphatic heterocycles. The Morgan fingerprint density at radius 2 is 1.74 bits per heavy atom. The van der Waals surface area contributed by atoms with Gasteiger partial charge in [0.2, 0.25) is 0 Å². The lowest BCUT2D eigenvalue weighted by atomic mass is 10.1. The van der Waals surface area contributed by atoms with Crippen LogP contribution in [0.3, 0.4) is 0 Å². The number of rotatable bonds is 7. The largest absolute Gasteiger partial charge is 0.482 e. The summed E-state index contributed by atoms with van der Waals surface area (Å²) in [5.74, 6) is -0.252. The number of hydrogen-bond acceptors (Lipinski definition) is 5. The highest BCUT2D eigenvalue weighted by Gasteiger charge is 2.31. The predicted molar refractivity (Wildman–Crippen MR) is 156 cm³/mol. The van der Waals surface area contributed by atoms with E-state index in [0.29, 0.717) is 21.8 Å². The van der Waals surface area contributed by atoms with E-state index in [-0.39, 0.29) is 34.2 Å².